The maximum atomic E-state index is 4.37. The summed E-state index contributed by atoms with van der Waals surface area (Å²) in [5, 5.41) is 3.51. The molecule has 24 heavy (non-hydrogen) atoms. The number of pyridine rings is 1. The smallest absolute Gasteiger partial charge is 0.0594 e. The van der Waals surface area contributed by atoms with Gasteiger partial charge in [0.25, 0.3) is 0 Å². The van der Waals surface area contributed by atoms with Crippen molar-refractivity contribution in [2.24, 2.45) is 0 Å². The highest BCUT2D eigenvalue weighted by Gasteiger charge is 2.19. The molecule has 1 aromatic heterocycles. The van der Waals surface area contributed by atoms with Crippen molar-refractivity contribution in [2.75, 3.05) is 36.4 Å². The molecule has 0 unspecified atom stereocenters. The number of piperazine rings is 1. The van der Waals surface area contributed by atoms with E-state index in [0.29, 0.717) is 6.04 Å². The Hall–Kier alpha value is -2.07. The van der Waals surface area contributed by atoms with Gasteiger partial charge in [0, 0.05) is 49.8 Å². The molecule has 0 spiro atoms. The quantitative estimate of drug-likeness (QED) is 0.912. The lowest BCUT2D eigenvalue weighted by Gasteiger charge is -2.38. The molecule has 4 heteroatoms. The first-order chi connectivity index (χ1) is 11.6. The molecule has 128 valence electrons. The zero-order valence-corrected chi connectivity index (χ0v) is 15.0. The van der Waals surface area contributed by atoms with Crippen molar-refractivity contribution in [3.63, 3.8) is 0 Å². The van der Waals surface area contributed by atoms with E-state index in [4.69, 9.17) is 0 Å². The van der Waals surface area contributed by atoms with Crippen LogP contribution in [0.1, 0.15) is 25.1 Å². The molecule has 3 rings (SSSR count). The number of aryl methyl sites for hydroxylation is 1. The first-order valence-electron chi connectivity index (χ1n) is 8.86. The molecule has 1 aliphatic rings. The number of aromatic nitrogens is 1. The van der Waals surface area contributed by atoms with Gasteiger partial charge in [-0.2, -0.15) is 0 Å². The van der Waals surface area contributed by atoms with Gasteiger partial charge in [0.2, 0.25) is 0 Å². The van der Waals surface area contributed by atoms with E-state index in [1.165, 1.54) is 16.9 Å². The highest BCUT2D eigenvalue weighted by molar-refractivity contribution is 5.60. The summed E-state index contributed by atoms with van der Waals surface area (Å²) in [4.78, 5) is 9.42. The van der Waals surface area contributed by atoms with Crippen LogP contribution < -0.4 is 10.2 Å². The van der Waals surface area contributed by atoms with Crippen LogP contribution in [-0.2, 0) is 6.54 Å². The zero-order chi connectivity index (χ0) is 16.9. The highest BCUT2D eigenvalue weighted by Crippen LogP contribution is 2.24. The molecule has 0 saturated carbocycles. The average molecular weight is 324 g/mol. The van der Waals surface area contributed by atoms with Crippen molar-refractivity contribution in [3.8, 4) is 0 Å². The third-order valence-electron chi connectivity index (χ3n) is 4.67. The Morgan fingerprint density at radius 3 is 2.54 bits per heavy atom. The number of hydrogen-bond acceptors (Lipinski definition) is 4. The van der Waals surface area contributed by atoms with Crippen LogP contribution >= 0.6 is 0 Å². The van der Waals surface area contributed by atoms with E-state index < -0.39 is 0 Å². The van der Waals surface area contributed by atoms with E-state index >= 15 is 0 Å². The van der Waals surface area contributed by atoms with E-state index in [0.717, 1.165) is 38.4 Å². The maximum Gasteiger partial charge on any atom is 0.0594 e. The number of hydrogen-bond donors (Lipinski definition) is 1. The monoisotopic (exact) mass is 324 g/mol. The Morgan fingerprint density at radius 2 is 1.88 bits per heavy atom. The predicted molar refractivity (Wildman–Crippen MR) is 102 cm³/mol. The Labute approximate surface area is 145 Å². The number of benzene rings is 1. The van der Waals surface area contributed by atoms with Crippen molar-refractivity contribution < 1.29 is 0 Å². The van der Waals surface area contributed by atoms with Gasteiger partial charge in [0.15, 0.2) is 0 Å². The maximum absolute atomic E-state index is 4.37. The zero-order valence-electron chi connectivity index (χ0n) is 15.0. The van der Waals surface area contributed by atoms with Crippen molar-refractivity contribution in [1.29, 1.82) is 0 Å². The second-order valence-electron chi connectivity index (χ2n) is 6.85. The normalized spacial score (nSPS) is 15.8. The van der Waals surface area contributed by atoms with Gasteiger partial charge in [0.05, 0.1) is 12.2 Å². The molecule has 1 fully saturated rings. The van der Waals surface area contributed by atoms with Crippen LogP contribution in [0.3, 0.4) is 0 Å². The van der Waals surface area contributed by atoms with E-state index in [1.807, 2.05) is 18.3 Å². The second kappa shape index (κ2) is 7.67. The van der Waals surface area contributed by atoms with Crippen molar-refractivity contribution in [2.45, 2.75) is 33.4 Å². The van der Waals surface area contributed by atoms with Crippen LogP contribution in [0.25, 0.3) is 0 Å². The van der Waals surface area contributed by atoms with Crippen molar-refractivity contribution in [1.82, 2.24) is 9.88 Å². The summed E-state index contributed by atoms with van der Waals surface area (Å²) in [5.74, 6) is 0. The summed E-state index contributed by atoms with van der Waals surface area (Å²) in [7, 11) is 0. The Balaban J connectivity index is 1.66. The number of rotatable bonds is 5. The molecule has 1 saturated heterocycles. The molecule has 2 aromatic rings. The third kappa shape index (κ3) is 4.26. The Kier molecular flexibility index (Phi) is 5.36. The molecule has 0 bridgehead atoms. The second-order valence-corrected chi connectivity index (χ2v) is 6.85. The summed E-state index contributed by atoms with van der Waals surface area (Å²) in [6.07, 6.45) is 1.84. The fourth-order valence-electron chi connectivity index (χ4n) is 3.24. The molecule has 0 atom stereocenters. The van der Waals surface area contributed by atoms with Gasteiger partial charge in [-0.05, 0) is 56.7 Å². The van der Waals surface area contributed by atoms with E-state index in [1.54, 1.807) is 0 Å². The van der Waals surface area contributed by atoms with Gasteiger partial charge in [-0.25, -0.2) is 0 Å². The third-order valence-corrected chi connectivity index (χ3v) is 4.67. The summed E-state index contributed by atoms with van der Waals surface area (Å²) in [6, 6.07) is 13.4. The Morgan fingerprint density at radius 1 is 1.08 bits per heavy atom. The minimum atomic E-state index is 0.639. The molecule has 0 amide bonds. The predicted octanol–water partition coefficient (Wildman–Crippen LogP) is 3.53. The number of anilines is 2. The fraction of sp³-hybridized carbons (Fsp3) is 0.450. The van der Waals surface area contributed by atoms with Crippen LogP contribution in [0.5, 0.6) is 0 Å². The molecular weight excluding hydrogens is 296 g/mol. The fourth-order valence-corrected chi connectivity index (χ4v) is 3.24. The largest absolute Gasteiger partial charge is 0.379 e. The molecule has 0 radical (unpaired) electrons. The van der Waals surface area contributed by atoms with Gasteiger partial charge in [0.1, 0.15) is 0 Å². The topological polar surface area (TPSA) is 31.4 Å². The summed E-state index contributed by atoms with van der Waals surface area (Å²) in [6.45, 7) is 12.0. The lowest BCUT2D eigenvalue weighted by atomic mass is 10.1. The molecule has 1 aromatic carbocycles. The lowest BCUT2D eigenvalue weighted by Crippen LogP contribution is -2.48. The highest BCUT2D eigenvalue weighted by atomic mass is 15.3. The van der Waals surface area contributed by atoms with Gasteiger partial charge < -0.3 is 10.2 Å². The van der Waals surface area contributed by atoms with Gasteiger partial charge in [-0.1, -0.05) is 6.07 Å². The SMILES string of the molecule is Cc1cc(NCc2ccccn2)cc(N2CCN(C(C)C)CC2)c1. The first kappa shape index (κ1) is 16.8. The van der Waals surface area contributed by atoms with Crippen molar-refractivity contribution in [3.05, 3.63) is 53.9 Å². The van der Waals surface area contributed by atoms with Gasteiger partial charge >= 0.3 is 0 Å². The number of nitrogens with one attached hydrogen (secondary N) is 1. The van der Waals surface area contributed by atoms with Crippen molar-refractivity contribution >= 4 is 11.4 Å². The van der Waals surface area contributed by atoms with E-state index in [9.17, 15) is 0 Å². The summed E-state index contributed by atoms with van der Waals surface area (Å²) in [5.41, 5.74) is 4.84. The minimum absolute atomic E-state index is 0.639. The summed E-state index contributed by atoms with van der Waals surface area (Å²) >= 11 is 0. The molecular formula is C20H28N4. The van der Waals surface area contributed by atoms with Crippen LogP contribution in [-0.4, -0.2) is 42.1 Å². The van der Waals surface area contributed by atoms with Crippen LogP contribution in [0.15, 0.2) is 42.6 Å². The first-order valence-corrected chi connectivity index (χ1v) is 8.86. The van der Waals surface area contributed by atoms with Crippen LogP contribution in [0.2, 0.25) is 0 Å². The van der Waals surface area contributed by atoms with Gasteiger partial charge in [-0.3, -0.25) is 9.88 Å². The molecule has 0 aliphatic carbocycles. The van der Waals surface area contributed by atoms with Crippen LogP contribution in [0.4, 0.5) is 11.4 Å². The number of nitrogens with zero attached hydrogens (tertiary/aromatic N) is 3. The van der Waals surface area contributed by atoms with E-state index in [2.05, 4.69) is 65.1 Å². The van der Waals surface area contributed by atoms with Gasteiger partial charge in [-0.15, -0.1) is 0 Å². The average Bonchev–Trinajstić information content (AvgIpc) is 2.60. The minimum Gasteiger partial charge on any atom is -0.379 e. The lowest BCUT2D eigenvalue weighted by molar-refractivity contribution is 0.209. The molecule has 4 nitrogen and oxygen atoms in total. The standard InChI is InChI=1S/C20H28N4/c1-16(2)23-8-10-24(11-9-23)20-13-17(3)12-19(14-20)22-15-18-6-4-5-7-21-18/h4-7,12-14,16,22H,8-11,15H2,1-3H3. The Bertz CT molecular complexity index is 646. The molecule has 1 aliphatic heterocycles. The van der Waals surface area contributed by atoms with Crippen LogP contribution in [0, 0.1) is 6.92 Å². The summed E-state index contributed by atoms with van der Waals surface area (Å²) < 4.78 is 0. The molecule has 1 N–H and O–H groups in total. The van der Waals surface area contributed by atoms with E-state index in [-0.39, 0.29) is 0 Å². The molecule has 2 heterocycles.